The summed E-state index contributed by atoms with van der Waals surface area (Å²) in [5.41, 5.74) is -0.123. The van der Waals surface area contributed by atoms with Crippen molar-refractivity contribution in [2.45, 2.75) is 25.7 Å². The van der Waals surface area contributed by atoms with E-state index < -0.39 is 0 Å². The minimum absolute atomic E-state index is 0.123. The molecule has 0 N–H and O–H groups in total. The van der Waals surface area contributed by atoms with Crippen molar-refractivity contribution in [3.8, 4) is 17.6 Å². The zero-order valence-corrected chi connectivity index (χ0v) is 10.1. The molecule has 0 radical (unpaired) electrons. The Labute approximate surface area is 102 Å². The lowest BCUT2D eigenvalue weighted by Gasteiger charge is -2.34. The average molecular weight is 231 g/mol. The second-order valence-electron chi connectivity index (χ2n) is 4.50. The monoisotopic (exact) mass is 231 g/mol. The molecule has 0 saturated heterocycles. The highest BCUT2D eigenvalue weighted by molar-refractivity contribution is 5.39. The average Bonchev–Trinajstić information content (AvgIpc) is 2.33. The molecule has 1 aromatic carbocycles. The SMILES string of the molecule is COc1ccccc1OCCC1(C#N)CCC1. The zero-order chi connectivity index (χ0) is 12.1. The van der Waals surface area contributed by atoms with Crippen molar-refractivity contribution in [3.05, 3.63) is 24.3 Å². The van der Waals surface area contributed by atoms with Crippen LogP contribution in [0.1, 0.15) is 25.7 Å². The fraction of sp³-hybridized carbons (Fsp3) is 0.500. The second kappa shape index (κ2) is 5.09. The molecule has 0 aliphatic heterocycles. The minimum Gasteiger partial charge on any atom is -0.493 e. The van der Waals surface area contributed by atoms with Crippen molar-refractivity contribution in [2.75, 3.05) is 13.7 Å². The lowest BCUT2D eigenvalue weighted by Crippen LogP contribution is -2.29. The molecule has 1 aliphatic rings. The predicted octanol–water partition coefficient (Wildman–Crippen LogP) is 3.16. The zero-order valence-electron chi connectivity index (χ0n) is 10.1. The Morgan fingerprint density at radius 3 is 2.53 bits per heavy atom. The highest BCUT2D eigenvalue weighted by Crippen LogP contribution is 2.43. The van der Waals surface area contributed by atoms with Crippen molar-refractivity contribution < 1.29 is 9.47 Å². The molecule has 0 spiro atoms. The van der Waals surface area contributed by atoms with Gasteiger partial charge in [-0.15, -0.1) is 0 Å². The first-order valence-corrected chi connectivity index (χ1v) is 5.97. The smallest absolute Gasteiger partial charge is 0.161 e. The number of methoxy groups -OCH3 is 1. The molecule has 1 aliphatic carbocycles. The fourth-order valence-electron chi connectivity index (χ4n) is 2.12. The number of rotatable bonds is 5. The van der Waals surface area contributed by atoms with E-state index in [-0.39, 0.29) is 5.41 Å². The maximum atomic E-state index is 9.10. The van der Waals surface area contributed by atoms with Gasteiger partial charge in [-0.2, -0.15) is 5.26 Å². The predicted molar refractivity (Wildman–Crippen MR) is 65.0 cm³/mol. The van der Waals surface area contributed by atoms with Gasteiger partial charge in [-0.05, 0) is 25.0 Å². The van der Waals surface area contributed by atoms with Crippen molar-refractivity contribution in [1.82, 2.24) is 0 Å². The molecule has 1 saturated carbocycles. The topological polar surface area (TPSA) is 42.2 Å². The van der Waals surface area contributed by atoms with Gasteiger partial charge in [0.05, 0.1) is 25.2 Å². The van der Waals surface area contributed by atoms with E-state index in [2.05, 4.69) is 6.07 Å². The van der Waals surface area contributed by atoms with Gasteiger partial charge in [0, 0.05) is 6.42 Å². The van der Waals surface area contributed by atoms with Crippen LogP contribution in [0.4, 0.5) is 0 Å². The van der Waals surface area contributed by atoms with Crippen LogP contribution in [0.5, 0.6) is 11.5 Å². The van der Waals surface area contributed by atoms with Crippen molar-refractivity contribution in [3.63, 3.8) is 0 Å². The molecular weight excluding hydrogens is 214 g/mol. The molecule has 1 aromatic rings. The van der Waals surface area contributed by atoms with Crippen LogP contribution >= 0.6 is 0 Å². The molecule has 90 valence electrons. The number of nitrogens with zero attached hydrogens (tertiary/aromatic N) is 1. The normalized spacial score (nSPS) is 16.7. The van der Waals surface area contributed by atoms with E-state index in [0.717, 1.165) is 30.8 Å². The number of hydrogen-bond donors (Lipinski definition) is 0. The first-order valence-electron chi connectivity index (χ1n) is 5.97. The van der Waals surface area contributed by atoms with E-state index >= 15 is 0 Å². The Hall–Kier alpha value is -1.69. The summed E-state index contributed by atoms with van der Waals surface area (Å²) in [6.45, 7) is 0.577. The third-order valence-electron chi connectivity index (χ3n) is 3.46. The molecule has 0 amide bonds. The van der Waals surface area contributed by atoms with Crippen molar-refractivity contribution >= 4 is 0 Å². The third kappa shape index (κ3) is 2.52. The van der Waals surface area contributed by atoms with Gasteiger partial charge in [-0.3, -0.25) is 0 Å². The quantitative estimate of drug-likeness (QED) is 0.781. The summed E-state index contributed by atoms with van der Waals surface area (Å²) >= 11 is 0. The van der Waals surface area contributed by atoms with E-state index in [1.165, 1.54) is 6.42 Å². The van der Waals surface area contributed by atoms with Crippen LogP contribution in [-0.4, -0.2) is 13.7 Å². The van der Waals surface area contributed by atoms with Crippen LogP contribution in [0, 0.1) is 16.7 Å². The summed E-state index contributed by atoms with van der Waals surface area (Å²) in [6.07, 6.45) is 4.00. The van der Waals surface area contributed by atoms with E-state index in [0.29, 0.717) is 6.61 Å². The van der Waals surface area contributed by atoms with Gasteiger partial charge < -0.3 is 9.47 Å². The van der Waals surface area contributed by atoms with Gasteiger partial charge in [-0.25, -0.2) is 0 Å². The van der Waals surface area contributed by atoms with Crippen LogP contribution < -0.4 is 9.47 Å². The van der Waals surface area contributed by atoms with E-state index in [1.807, 2.05) is 24.3 Å². The standard InChI is InChI=1S/C14H17NO2/c1-16-12-5-2-3-6-13(12)17-10-9-14(11-15)7-4-8-14/h2-3,5-6H,4,7-10H2,1H3. The van der Waals surface area contributed by atoms with Crippen LogP contribution in [-0.2, 0) is 0 Å². The molecule has 0 bridgehead atoms. The molecule has 0 aromatic heterocycles. The van der Waals surface area contributed by atoms with Crippen LogP contribution in [0.2, 0.25) is 0 Å². The first kappa shape index (κ1) is 11.8. The molecule has 17 heavy (non-hydrogen) atoms. The van der Waals surface area contributed by atoms with Gasteiger partial charge in [-0.1, -0.05) is 18.6 Å². The van der Waals surface area contributed by atoms with Crippen LogP contribution in [0.25, 0.3) is 0 Å². The summed E-state index contributed by atoms with van der Waals surface area (Å²) < 4.78 is 10.9. The Morgan fingerprint density at radius 1 is 1.29 bits per heavy atom. The molecule has 3 heteroatoms. The van der Waals surface area contributed by atoms with Crippen LogP contribution in [0.3, 0.4) is 0 Å². The largest absolute Gasteiger partial charge is 0.493 e. The minimum atomic E-state index is -0.123. The van der Waals surface area contributed by atoms with Crippen LogP contribution in [0.15, 0.2) is 24.3 Å². The molecule has 0 unspecified atom stereocenters. The number of hydrogen-bond acceptors (Lipinski definition) is 3. The lowest BCUT2D eigenvalue weighted by atomic mass is 9.68. The summed E-state index contributed by atoms with van der Waals surface area (Å²) in [6, 6.07) is 10.0. The van der Waals surface area contributed by atoms with E-state index in [1.54, 1.807) is 7.11 Å². The Bertz CT molecular complexity index is 418. The molecule has 0 atom stereocenters. The highest BCUT2D eigenvalue weighted by atomic mass is 16.5. The first-order chi connectivity index (χ1) is 8.29. The van der Waals surface area contributed by atoms with Gasteiger partial charge in [0.1, 0.15) is 0 Å². The Kier molecular flexibility index (Phi) is 3.53. The van der Waals surface area contributed by atoms with Gasteiger partial charge in [0.25, 0.3) is 0 Å². The summed E-state index contributed by atoms with van der Waals surface area (Å²) in [5.74, 6) is 1.49. The Morgan fingerprint density at radius 2 is 2.00 bits per heavy atom. The van der Waals surface area contributed by atoms with E-state index in [9.17, 15) is 0 Å². The van der Waals surface area contributed by atoms with Gasteiger partial charge in [0.2, 0.25) is 0 Å². The fourth-order valence-corrected chi connectivity index (χ4v) is 2.12. The lowest BCUT2D eigenvalue weighted by molar-refractivity contribution is 0.154. The molecule has 1 fully saturated rings. The number of nitriles is 1. The van der Waals surface area contributed by atoms with Gasteiger partial charge >= 0.3 is 0 Å². The number of benzene rings is 1. The molecule has 2 rings (SSSR count). The summed E-state index contributed by atoms with van der Waals surface area (Å²) in [5, 5.41) is 9.10. The molecule has 3 nitrogen and oxygen atoms in total. The summed E-state index contributed by atoms with van der Waals surface area (Å²) in [4.78, 5) is 0. The number of ether oxygens (including phenoxy) is 2. The number of para-hydroxylation sites is 2. The maximum absolute atomic E-state index is 9.10. The molecular formula is C14H17NO2. The van der Waals surface area contributed by atoms with E-state index in [4.69, 9.17) is 14.7 Å². The van der Waals surface area contributed by atoms with Crippen molar-refractivity contribution in [1.29, 1.82) is 5.26 Å². The maximum Gasteiger partial charge on any atom is 0.161 e. The van der Waals surface area contributed by atoms with Gasteiger partial charge in [0.15, 0.2) is 11.5 Å². The summed E-state index contributed by atoms with van der Waals surface area (Å²) in [7, 11) is 1.63. The Balaban J connectivity index is 1.88. The second-order valence-corrected chi connectivity index (χ2v) is 4.50. The van der Waals surface area contributed by atoms with Crippen molar-refractivity contribution in [2.24, 2.45) is 5.41 Å². The third-order valence-corrected chi connectivity index (χ3v) is 3.46. The molecule has 0 heterocycles. The highest BCUT2D eigenvalue weighted by Gasteiger charge is 2.36.